The first kappa shape index (κ1) is 13.1. The average molecular weight is 226 g/mol. The molecule has 0 aromatic heterocycles. The Kier molecular flexibility index (Phi) is 4.60. The van der Waals surface area contributed by atoms with Gasteiger partial charge < -0.3 is 4.74 Å². The third kappa shape index (κ3) is 2.79. The van der Waals surface area contributed by atoms with Crippen molar-refractivity contribution in [1.82, 2.24) is 0 Å². The minimum Gasteiger partial charge on any atom is -0.488 e. The lowest BCUT2D eigenvalue weighted by molar-refractivity contribution is 0.308. The molecule has 1 rings (SSSR count). The molecule has 0 aliphatic heterocycles. The second-order valence-corrected chi connectivity index (χ2v) is 3.89. The summed E-state index contributed by atoms with van der Waals surface area (Å²) in [6.45, 7) is 9.72. The van der Waals surface area contributed by atoms with Gasteiger partial charge in [0.15, 0.2) is 5.76 Å². The van der Waals surface area contributed by atoms with Gasteiger partial charge in [-0.25, -0.2) is 0 Å². The number of hydrogen-bond donors (Lipinski definition) is 0. The van der Waals surface area contributed by atoms with E-state index in [4.69, 9.17) is 4.74 Å². The number of methoxy groups -OCH3 is 1. The van der Waals surface area contributed by atoms with Gasteiger partial charge in [0, 0.05) is 5.57 Å². The van der Waals surface area contributed by atoms with Gasteiger partial charge in [0.2, 0.25) is 0 Å². The molecule has 1 aliphatic carbocycles. The van der Waals surface area contributed by atoms with Crippen LogP contribution in [0.4, 0.5) is 0 Å². The van der Waals surface area contributed by atoms with Gasteiger partial charge in [-0.3, -0.25) is 0 Å². The SMILES string of the molecule is C=C/C=C1C=C/C(=C(/C#CC)OC)C/1=C(C)C. The monoisotopic (exact) mass is 226 g/mol. The van der Waals surface area contributed by atoms with Crippen molar-refractivity contribution in [2.75, 3.05) is 7.11 Å². The maximum Gasteiger partial charge on any atom is 0.177 e. The molecule has 0 aromatic carbocycles. The van der Waals surface area contributed by atoms with Crippen molar-refractivity contribution in [3.63, 3.8) is 0 Å². The lowest BCUT2D eigenvalue weighted by Gasteiger charge is -2.09. The highest BCUT2D eigenvalue weighted by Gasteiger charge is 2.18. The molecule has 0 amide bonds. The fraction of sp³-hybridized carbons (Fsp3) is 0.250. The zero-order valence-corrected chi connectivity index (χ0v) is 10.9. The fourth-order valence-corrected chi connectivity index (χ4v) is 1.85. The maximum atomic E-state index is 5.35. The molecule has 1 heteroatoms. The summed E-state index contributed by atoms with van der Waals surface area (Å²) in [5, 5.41) is 0. The van der Waals surface area contributed by atoms with Crippen molar-refractivity contribution in [3.05, 3.63) is 58.9 Å². The lowest BCUT2D eigenvalue weighted by atomic mass is 9.99. The standard InChI is InChI=1S/C16H18O/c1-6-8-13-10-11-14(16(13)12(3)4)15(17-5)9-7-2/h6,8,10-11H,1H2,2-5H3/b13-8-,15-14+. The predicted molar refractivity (Wildman–Crippen MR) is 73.3 cm³/mol. The van der Waals surface area contributed by atoms with E-state index in [2.05, 4.69) is 38.3 Å². The number of allylic oxidation sites excluding steroid dienone is 9. The van der Waals surface area contributed by atoms with Crippen LogP contribution in [0, 0.1) is 11.8 Å². The highest BCUT2D eigenvalue weighted by molar-refractivity contribution is 5.67. The van der Waals surface area contributed by atoms with Gasteiger partial charge in [-0.15, -0.1) is 0 Å². The van der Waals surface area contributed by atoms with E-state index in [1.165, 1.54) is 11.1 Å². The van der Waals surface area contributed by atoms with Crippen LogP contribution in [0.25, 0.3) is 0 Å². The minimum absolute atomic E-state index is 0.715. The molecule has 0 fully saturated rings. The highest BCUT2D eigenvalue weighted by Crippen LogP contribution is 2.33. The Bertz CT molecular complexity index is 495. The molecule has 1 nitrogen and oxygen atoms in total. The Hall–Kier alpha value is -1.94. The largest absolute Gasteiger partial charge is 0.488 e. The van der Waals surface area contributed by atoms with Crippen molar-refractivity contribution >= 4 is 0 Å². The van der Waals surface area contributed by atoms with E-state index in [-0.39, 0.29) is 0 Å². The van der Waals surface area contributed by atoms with Gasteiger partial charge in [-0.1, -0.05) is 36.3 Å². The van der Waals surface area contributed by atoms with Gasteiger partial charge in [0.1, 0.15) is 0 Å². The van der Waals surface area contributed by atoms with Crippen molar-refractivity contribution < 1.29 is 4.74 Å². The van der Waals surface area contributed by atoms with Gasteiger partial charge in [-0.05, 0) is 43.9 Å². The maximum absolute atomic E-state index is 5.35. The van der Waals surface area contributed by atoms with E-state index in [1.807, 2.05) is 12.2 Å². The van der Waals surface area contributed by atoms with Crippen LogP contribution in [-0.2, 0) is 4.74 Å². The Labute approximate surface area is 104 Å². The van der Waals surface area contributed by atoms with Crippen LogP contribution in [0.2, 0.25) is 0 Å². The third-order valence-electron chi connectivity index (χ3n) is 2.47. The number of rotatable bonds is 2. The molecule has 17 heavy (non-hydrogen) atoms. The van der Waals surface area contributed by atoms with Crippen LogP contribution in [-0.4, -0.2) is 7.11 Å². The molecule has 0 radical (unpaired) electrons. The summed E-state index contributed by atoms with van der Waals surface area (Å²) in [4.78, 5) is 0. The van der Waals surface area contributed by atoms with Crippen molar-refractivity contribution in [1.29, 1.82) is 0 Å². The second-order valence-electron chi connectivity index (χ2n) is 3.89. The van der Waals surface area contributed by atoms with E-state index in [0.29, 0.717) is 5.76 Å². The molecule has 0 saturated carbocycles. The second kappa shape index (κ2) is 5.96. The molecule has 0 saturated heterocycles. The quantitative estimate of drug-likeness (QED) is 0.512. The summed E-state index contributed by atoms with van der Waals surface area (Å²) < 4.78 is 5.35. The highest BCUT2D eigenvalue weighted by atomic mass is 16.5. The predicted octanol–water partition coefficient (Wildman–Crippen LogP) is 3.93. The molecule has 0 atom stereocenters. The normalized spacial score (nSPS) is 18.8. The molecule has 0 spiro atoms. The van der Waals surface area contributed by atoms with E-state index in [9.17, 15) is 0 Å². The summed E-state index contributed by atoms with van der Waals surface area (Å²) >= 11 is 0. The molecule has 0 bridgehead atoms. The Balaban J connectivity index is 3.43. The summed E-state index contributed by atoms with van der Waals surface area (Å²) in [6, 6.07) is 0. The summed E-state index contributed by atoms with van der Waals surface area (Å²) in [5.41, 5.74) is 4.63. The van der Waals surface area contributed by atoms with Crippen molar-refractivity contribution in [2.45, 2.75) is 20.8 Å². The molecule has 0 aromatic rings. The van der Waals surface area contributed by atoms with E-state index < -0.39 is 0 Å². The summed E-state index contributed by atoms with van der Waals surface area (Å²) in [6.07, 6.45) is 7.90. The topological polar surface area (TPSA) is 9.23 Å². The first-order chi connectivity index (χ1) is 8.15. The van der Waals surface area contributed by atoms with E-state index in [0.717, 1.165) is 11.1 Å². The molecular formula is C16H18O. The van der Waals surface area contributed by atoms with Crippen LogP contribution >= 0.6 is 0 Å². The van der Waals surface area contributed by atoms with Gasteiger partial charge in [-0.2, -0.15) is 0 Å². The summed E-state index contributed by atoms with van der Waals surface area (Å²) in [7, 11) is 1.65. The van der Waals surface area contributed by atoms with Gasteiger partial charge in [0.05, 0.1) is 7.11 Å². The first-order valence-corrected chi connectivity index (χ1v) is 5.55. The van der Waals surface area contributed by atoms with Crippen LogP contribution in [0.3, 0.4) is 0 Å². The lowest BCUT2D eigenvalue weighted by Crippen LogP contribution is -1.94. The Morgan fingerprint density at radius 2 is 2.06 bits per heavy atom. The van der Waals surface area contributed by atoms with Crippen LogP contribution in [0.15, 0.2) is 58.9 Å². The minimum atomic E-state index is 0.715. The third-order valence-corrected chi connectivity index (χ3v) is 2.47. The molecule has 88 valence electrons. The van der Waals surface area contributed by atoms with Crippen molar-refractivity contribution in [3.8, 4) is 11.8 Å². The zero-order chi connectivity index (χ0) is 12.8. The molecule has 0 N–H and O–H groups in total. The molecule has 1 aliphatic rings. The van der Waals surface area contributed by atoms with Crippen molar-refractivity contribution in [2.24, 2.45) is 0 Å². The zero-order valence-electron chi connectivity index (χ0n) is 10.9. The van der Waals surface area contributed by atoms with Gasteiger partial charge >= 0.3 is 0 Å². The van der Waals surface area contributed by atoms with Crippen LogP contribution in [0.1, 0.15) is 20.8 Å². The van der Waals surface area contributed by atoms with Crippen LogP contribution in [0.5, 0.6) is 0 Å². The number of ether oxygens (including phenoxy) is 1. The number of hydrogen-bond acceptors (Lipinski definition) is 1. The average Bonchev–Trinajstić information content (AvgIpc) is 2.70. The molecular weight excluding hydrogens is 208 g/mol. The van der Waals surface area contributed by atoms with E-state index in [1.54, 1.807) is 20.1 Å². The first-order valence-electron chi connectivity index (χ1n) is 5.55. The van der Waals surface area contributed by atoms with Gasteiger partial charge in [0.25, 0.3) is 0 Å². The summed E-state index contributed by atoms with van der Waals surface area (Å²) in [5.74, 6) is 6.58. The van der Waals surface area contributed by atoms with E-state index >= 15 is 0 Å². The Morgan fingerprint density at radius 3 is 2.53 bits per heavy atom. The Morgan fingerprint density at radius 1 is 1.35 bits per heavy atom. The smallest absolute Gasteiger partial charge is 0.177 e. The fourth-order valence-electron chi connectivity index (χ4n) is 1.85. The van der Waals surface area contributed by atoms with Crippen LogP contribution < -0.4 is 0 Å². The molecule has 0 unspecified atom stereocenters. The molecule has 0 heterocycles.